The minimum Gasteiger partial charge on any atom is -0.507 e. The van der Waals surface area contributed by atoms with Crippen molar-refractivity contribution < 1.29 is 15.0 Å². The van der Waals surface area contributed by atoms with Crippen molar-refractivity contribution in [1.82, 2.24) is 0 Å². The van der Waals surface area contributed by atoms with E-state index in [9.17, 15) is 9.90 Å². The van der Waals surface area contributed by atoms with Crippen LogP contribution in [0.5, 0.6) is 5.75 Å². The van der Waals surface area contributed by atoms with Crippen LogP contribution in [0.1, 0.15) is 21.5 Å². The van der Waals surface area contributed by atoms with Gasteiger partial charge in [-0.05, 0) is 42.3 Å². The first-order valence-corrected chi connectivity index (χ1v) is 6.81. The number of halogens is 1. The normalized spacial score (nSPS) is 10.3. The molecule has 2 rings (SSSR count). The van der Waals surface area contributed by atoms with Gasteiger partial charge in [0.1, 0.15) is 5.75 Å². The van der Waals surface area contributed by atoms with Crippen LogP contribution in [0.2, 0.25) is 0 Å². The van der Waals surface area contributed by atoms with E-state index in [2.05, 4.69) is 21.2 Å². The summed E-state index contributed by atoms with van der Waals surface area (Å²) in [5.74, 6) is -0.485. The molecular weight excluding hydrogens is 322 g/mol. The smallest absolute Gasteiger partial charge is 0.259 e. The first kappa shape index (κ1) is 14.6. The highest BCUT2D eigenvalue weighted by Crippen LogP contribution is 2.24. The average molecular weight is 336 g/mol. The Labute approximate surface area is 125 Å². The third-order valence-electron chi connectivity index (χ3n) is 2.94. The molecule has 0 saturated heterocycles. The second-order valence-electron chi connectivity index (χ2n) is 4.42. The first-order chi connectivity index (χ1) is 9.51. The number of carbonyl (C=O) groups is 1. The molecule has 0 aliphatic heterocycles. The molecule has 3 N–H and O–H groups in total. The van der Waals surface area contributed by atoms with Gasteiger partial charge >= 0.3 is 0 Å². The topological polar surface area (TPSA) is 69.6 Å². The van der Waals surface area contributed by atoms with Crippen molar-refractivity contribution in [3.63, 3.8) is 0 Å². The number of aliphatic hydroxyl groups excluding tert-OH is 1. The van der Waals surface area contributed by atoms with Gasteiger partial charge in [-0.1, -0.05) is 28.1 Å². The van der Waals surface area contributed by atoms with Gasteiger partial charge in [-0.3, -0.25) is 4.79 Å². The van der Waals surface area contributed by atoms with Crippen molar-refractivity contribution in [2.24, 2.45) is 0 Å². The summed E-state index contributed by atoms with van der Waals surface area (Å²) >= 11 is 3.22. The molecule has 4 nitrogen and oxygen atoms in total. The third kappa shape index (κ3) is 3.18. The van der Waals surface area contributed by atoms with Crippen molar-refractivity contribution in [1.29, 1.82) is 0 Å². The number of benzene rings is 2. The Morgan fingerprint density at radius 1 is 1.25 bits per heavy atom. The molecule has 0 aromatic heterocycles. The summed E-state index contributed by atoms with van der Waals surface area (Å²) in [4.78, 5) is 12.1. The summed E-state index contributed by atoms with van der Waals surface area (Å²) in [5, 5.41) is 21.6. The number of rotatable bonds is 3. The van der Waals surface area contributed by atoms with E-state index < -0.39 is 5.91 Å². The minimum atomic E-state index is -0.395. The molecule has 104 valence electrons. The summed E-state index contributed by atoms with van der Waals surface area (Å²) in [5.41, 5.74) is 2.41. The van der Waals surface area contributed by atoms with E-state index in [1.54, 1.807) is 24.3 Å². The van der Waals surface area contributed by atoms with E-state index in [1.807, 2.05) is 13.0 Å². The molecule has 0 unspecified atom stereocenters. The predicted molar refractivity (Wildman–Crippen MR) is 80.9 cm³/mol. The van der Waals surface area contributed by atoms with Gasteiger partial charge in [0, 0.05) is 10.2 Å². The maximum atomic E-state index is 12.1. The molecule has 1 amide bonds. The van der Waals surface area contributed by atoms with Crippen molar-refractivity contribution in [2.75, 3.05) is 5.32 Å². The maximum Gasteiger partial charge on any atom is 0.259 e. The number of aromatic hydroxyl groups is 1. The number of anilines is 1. The number of phenols is 1. The van der Waals surface area contributed by atoms with Crippen molar-refractivity contribution in [3.8, 4) is 5.75 Å². The van der Waals surface area contributed by atoms with E-state index in [1.165, 1.54) is 6.07 Å². The Morgan fingerprint density at radius 3 is 2.65 bits per heavy atom. The number of carbonyl (C=O) groups excluding carboxylic acids is 1. The quantitative estimate of drug-likeness (QED) is 0.806. The van der Waals surface area contributed by atoms with Crippen LogP contribution in [0.15, 0.2) is 40.9 Å². The van der Waals surface area contributed by atoms with Crippen LogP contribution in [0.4, 0.5) is 5.69 Å². The molecular formula is C15H14BrNO3. The largest absolute Gasteiger partial charge is 0.507 e. The highest BCUT2D eigenvalue weighted by Gasteiger charge is 2.12. The Kier molecular flexibility index (Phi) is 4.42. The number of aliphatic hydroxyl groups is 1. The molecule has 0 aliphatic carbocycles. The third-order valence-corrected chi connectivity index (χ3v) is 3.43. The van der Waals surface area contributed by atoms with Crippen LogP contribution in [0.25, 0.3) is 0 Å². The molecule has 2 aromatic carbocycles. The second-order valence-corrected chi connectivity index (χ2v) is 5.34. The number of hydrogen-bond donors (Lipinski definition) is 3. The summed E-state index contributed by atoms with van der Waals surface area (Å²) < 4.78 is 0.699. The van der Waals surface area contributed by atoms with Crippen molar-refractivity contribution in [3.05, 3.63) is 57.6 Å². The predicted octanol–water partition coefficient (Wildman–Crippen LogP) is 3.21. The fraction of sp³-hybridized carbons (Fsp3) is 0.133. The fourth-order valence-corrected chi connectivity index (χ4v) is 2.14. The van der Waals surface area contributed by atoms with Gasteiger partial charge in [0.05, 0.1) is 12.2 Å². The van der Waals surface area contributed by atoms with Crippen LogP contribution in [0.3, 0.4) is 0 Å². The van der Waals surface area contributed by atoms with Gasteiger partial charge in [0.25, 0.3) is 5.91 Å². The van der Waals surface area contributed by atoms with Crippen LogP contribution >= 0.6 is 15.9 Å². The summed E-state index contributed by atoms with van der Waals surface area (Å²) in [6, 6.07) is 10.0. The maximum absolute atomic E-state index is 12.1. The zero-order valence-corrected chi connectivity index (χ0v) is 12.4. The molecule has 0 atom stereocenters. The Hall–Kier alpha value is -1.85. The van der Waals surface area contributed by atoms with E-state index >= 15 is 0 Å². The minimum absolute atomic E-state index is 0.0900. The lowest BCUT2D eigenvalue weighted by molar-refractivity contribution is 0.102. The van der Waals surface area contributed by atoms with Crippen molar-refractivity contribution >= 4 is 27.5 Å². The van der Waals surface area contributed by atoms with Crippen molar-refractivity contribution in [2.45, 2.75) is 13.5 Å². The SMILES string of the molecule is Cc1ccc(CO)cc1NC(=O)c1ccc(Br)cc1O. The Balaban J connectivity index is 2.27. The van der Waals surface area contributed by atoms with Gasteiger partial charge in [0.15, 0.2) is 0 Å². The average Bonchev–Trinajstić information content (AvgIpc) is 2.41. The Morgan fingerprint density at radius 2 is 2.00 bits per heavy atom. The van der Waals surface area contributed by atoms with Gasteiger partial charge in [-0.25, -0.2) is 0 Å². The highest BCUT2D eigenvalue weighted by atomic mass is 79.9. The van der Waals surface area contributed by atoms with Crippen LogP contribution in [-0.4, -0.2) is 16.1 Å². The molecule has 5 heteroatoms. The standard InChI is InChI=1S/C15H14BrNO3/c1-9-2-3-10(8-18)6-13(9)17-15(20)12-5-4-11(16)7-14(12)19/h2-7,18-19H,8H2,1H3,(H,17,20). The number of nitrogens with one attached hydrogen (secondary N) is 1. The van der Waals surface area contributed by atoms with Gasteiger partial charge in [-0.15, -0.1) is 0 Å². The van der Waals surface area contributed by atoms with E-state index in [4.69, 9.17) is 5.11 Å². The number of amides is 1. The van der Waals surface area contributed by atoms with E-state index in [0.717, 1.165) is 5.56 Å². The number of phenolic OH excluding ortho intramolecular Hbond substituents is 1. The summed E-state index contributed by atoms with van der Waals surface area (Å²) in [6.07, 6.45) is 0. The van der Waals surface area contributed by atoms with Gasteiger partial charge in [0.2, 0.25) is 0 Å². The van der Waals surface area contributed by atoms with Crippen LogP contribution in [0, 0.1) is 6.92 Å². The molecule has 20 heavy (non-hydrogen) atoms. The molecule has 2 aromatic rings. The zero-order chi connectivity index (χ0) is 14.7. The number of aryl methyl sites for hydroxylation is 1. The summed E-state index contributed by atoms with van der Waals surface area (Å²) in [7, 11) is 0. The molecule has 0 aliphatic rings. The molecule has 0 fully saturated rings. The lowest BCUT2D eigenvalue weighted by Gasteiger charge is -2.11. The molecule has 0 bridgehead atoms. The highest BCUT2D eigenvalue weighted by molar-refractivity contribution is 9.10. The number of hydrogen-bond acceptors (Lipinski definition) is 3. The van der Waals surface area contributed by atoms with Crippen LogP contribution < -0.4 is 5.32 Å². The molecule has 0 spiro atoms. The monoisotopic (exact) mass is 335 g/mol. The first-order valence-electron chi connectivity index (χ1n) is 6.01. The van der Waals surface area contributed by atoms with Crippen LogP contribution in [-0.2, 0) is 6.61 Å². The summed E-state index contributed by atoms with van der Waals surface area (Å²) in [6.45, 7) is 1.77. The fourth-order valence-electron chi connectivity index (χ4n) is 1.79. The lowest BCUT2D eigenvalue weighted by atomic mass is 10.1. The van der Waals surface area contributed by atoms with Gasteiger partial charge in [-0.2, -0.15) is 0 Å². The molecule has 0 heterocycles. The van der Waals surface area contributed by atoms with E-state index in [-0.39, 0.29) is 17.9 Å². The lowest BCUT2D eigenvalue weighted by Crippen LogP contribution is -2.13. The zero-order valence-electron chi connectivity index (χ0n) is 10.9. The van der Waals surface area contributed by atoms with E-state index in [0.29, 0.717) is 15.7 Å². The Bertz CT molecular complexity index is 656. The molecule has 0 radical (unpaired) electrons. The second kappa shape index (κ2) is 6.07. The molecule has 0 saturated carbocycles. The van der Waals surface area contributed by atoms with Gasteiger partial charge < -0.3 is 15.5 Å².